The van der Waals surface area contributed by atoms with E-state index in [9.17, 15) is 26.4 Å². The topological polar surface area (TPSA) is 133 Å². The van der Waals surface area contributed by atoms with Crippen molar-refractivity contribution in [1.29, 1.82) is 0 Å². The van der Waals surface area contributed by atoms with Crippen LogP contribution in [0.3, 0.4) is 0 Å². The molecule has 1 fully saturated rings. The summed E-state index contributed by atoms with van der Waals surface area (Å²) in [4.78, 5) is 24.8. The Hall–Kier alpha value is -2.80. The highest BCUT2D eigenvalue weighted by Crippen LogP contribution is 2.19. The first-order chi connectivity index (χ1) is 16.0. The third-order valence-electron chi connectivity index (χ3n) is 5.33. The Morgan fingerprint density at radius 3 is 1.26 bits per heavy atom. The fourth-order valence-electron chi connectivity index (χ4n) is 3.35. The van der Waals surface area contributed by atoms with Crippen molar-refractivity contribution >= 4 is 31.9 Å². The van der Waals surface area contributed by atoms with Gasteiger partial charge in [-0.2, -0.15) is 8.61 Å². The molecule has 2 amide bonds. The zero-order valence-corrected chi connectivity index (χ0v) is 20.7. The van der Waals surface area contributed by atoms with E-state index in [0.29, 0.717) is 0 Å². The van der Waals surface area contributed by atoms with Gasteiger partial charge in [0.15, 0.2) is 0 Å². The monoisotopic (exact) mass is 508 g/mol. The molecule has 0 atom stereocenters. The second-order valence-electron chi connectivity index (χ2n) is 8.00. The van der Waals surface area contributed by atoms with Crippen LogP contribution in [0, 0.1) is 13.8 Å². The molecule has 0 aromatic heterocycles. The van der Waals surface area contributed by atoms with Crippen molar-refractivity contribution in [1.82, 2.24) is 19.2 Å². The minimum absolute atomic E-state index is 0.0105. The zero-order chi connectivity index (χ0) is 24.9. The van der Waals surface area contributed by atoms with Crippen molar-refractivity contribution in [3.63, 3.8) is 0 Å². The predicted octanol–water partition coefficient (Wildman–Crippen LogP) is 0.231. The first-order valence-electron chi connectivity index (χ1n) is 10.7. The summed E-state index contributed by atoms with van der Waals surface area (Å²) >= 11 is 0. The molecule has 1 saturated heterocycles. The first kappa shape index (κ1) is 25.8. The van der Waals surface area contributed by atoms with Gasteiger partial charge in [0.1, 0.15) is 0 Å². The van der Waals surface area contributed by atoms with Crippen molar-refractivity contribution in [2.75, 3.05) is 39.3 Å². The van der Waals surface area contributed by atoms with Gasteiger partial charge >= 0.3 is 0 Å². The van der Waals surface area contributed by atoms with Crippen molar-refractivity contribution in [3.8, 4) is 0 Å². The number of nitrogens with one attached hydrogen (secondary N) is 2. The van der Waals surface area contributed by atoms with Gasteiger partial charge in [0, 0.05) is 26.2 Å². The number of hydrogen-bond acceptors (Lipinski definition) is 6. The molecule has 10 nitrogen and oxygen atoms in total. The fourth-order valence-corrected chi connectivity index (χ4v) is 6.12. The first-order valence-corrected chi connectivity index (χ1v) is 13.6. The van der Waals surface area contributed by atoms with E-state index in [-0.39, 0.29) is 36.0 Å². The number of rotatable bonds is 4. The lowest BCUT2D eigenvalue weighted by Gasteiger charge is -2.27. The minimum Gasteiger partial charge on any atom is -0.353 e. The Kier molecular flexibility index (Phi) is 8.08. The van der Waals surface area contributed by atoms with Gasteiger partial charge in [0.25, 0.3) is 0 Å². The molecule has 1 aliphatic rings. The van der Waals surface area contributed by atoms with Crippen LogP contribution in [0.15, 0.2) is 58.3 Å². The molecule has 0 unspecified atom stereocenters. The molecule has 12 heteroatoms. The maximum Gasteiger partial charge on any atom is 0.243 e. The van der Waals surface area contributed by atoms with Crippen LogP contribution in [0.4, 0.5) is 0 Å². The van der Waals surface area contributed by atoms with Gasteiger partial charge in [-0.3, -0.25) is 9.59 Å². The van der Waals surface area contributed by atoms with E-state index in [1.54, 1.807) is 24.3 Å². The summed E-state index contributed by atoms with van der Waals surface area (Å²) < 4.78 is 55.0. The summed E-state index contributed by atoms with van der Waals surface area (Å²) in [5.74, 6) is -1.11. The molecule has 1 heterocycles. The second-order valence-corrected chi connectivity index (χ2v) is 11.9. The van der Waals surface area contributed by atoms with E-state index in [1.807, 2.05) is 13.8 Å². The highest BCUT2D eigenvalue weighted by molar-refractivity contribution is 7.89. The summed E-state index contributed by atoms with van der Waals surface area (Å²) in [6, 6.07) is 12.3. The number of benzene rings is 2. The van der Waals surface area contributed by atoms with Crippen molar-refractivity contribution in [3.05, 3.63) is 59.7 Å². The van der Waals surface area contributed by atoms with Crippen LogP contribution in [-0.4, -0.2) is 76.5 Å². The zero-order valence-electron chi connectivity index (χ0n) is 19.0. The van der Waals surface area contributed by atoms with Gasteiger partial charge in [-0.25, -0.2) is 16.8 Å². The standard InChI is InChI=1S/C22H28N4O6S2/c1-17-3-7-19(8-4-17)33(29,30)25-13-14-26(16-22(28)24-12-11-23-21(27)15-25)34(31,32)20-9-5-18(2)6-10-20/h3-10H,11-16H2,1-2H3,(H,23,27)(H,24,28). The summed E-state index contributed by atoms with van der Waals surface area (Å²) in [7, 11) is -8.21. The summed E-state index contributed by atoms with van der Waals surface area (Å²) in [5, 5.41) is 5.13. The summed E-state index contributed by atoms with van der Waals surface area (Å²) in [6.07, 6.45) is 0. The highest BCUT2D eigenvalue weighted by atomic mass is 32.2. The second kappa shape index (κ2) is 10.6. The van der Waals surface area contributed by atoms with Gasteiger partial charge < -0.3 is 10.6 Å². The maximum absolute atomic E-state index is 13.3. The summed E-state index contributed by atoms with van der Waals surface area (Å²) in [6.45, 7) is 2.19. The molecule has 0 radical (unpaired) electrons. The maximum atomic E-state index is 13.3. The Balaban J connectivity index is 1.96. The van der Waals surface area contributed by atoms with Crippen LogP contribution in [0.25, 0.3) is 0 Å². The number of aryl methyl sites for hydroxylation is 2. The van der Waals surface area contributed by atoms with Gasteiger partial charge in [0.2, 0.25) is 31.9 Å². The molecule has 0 spiro atoms. The molecular formula is C22H28N4O6S2. The average molecular weight is 509 g/mol. The number of carbonyl (C=O) groups is 2. The number of carbonyl (C=O) groups excluding carboxylic acids is 2. The van der Waals surface area contributed by atoms with Crippen molar-refractivity contribution < 1.29 is 26.4 Å². The molecular weight excluding hydrogens is 480 g/mol. The minimum atomic E-state index is -4.10. The molecule has 1 aliphatic heterocycles. The molecule has 3 rings (SSSR count). The molecule has 34 heavy (non-hydrogen) atoms. The van der Waals surface area contributed by atoms with E-state index < -0.39 is 45.0 Å². The molecule has 184 valence electrons. The molecule has 2 aromatic carbocycles. The van der Waals surface area contributed by atoms with Crippen LogP contribution < -0.4 is 10.6 Å². The summed E-state index contributed by atoms with van der Waals surface area (Å²) in [5.41, 5.74) is 1.73. The van der Waals surface area contributed by atoms with E-state index in [2.05, 4.69) is 10.6 Å². The Bertz CT molecular complexity index is 1140. The molecule has 0 aliphatic carbocycles. The average Bonchev–Trinajstić information content (AvgIpc) is 2.78. The number of nitrogens with zero attached hydrogens (tertiary/aromatic N) is 2. The van der Waals surface area contributed by atoms with E-state index in [0.717, 1.165) is 19.7 Å². The lowest BCUT2D eigenvalue weighted by Crippen LogP contribution is -2.50. The quantitative estimate of drug-likeness (QED) is 0.608. The van der Waals surface area contributed by atoms with Crippen molar-refractivity contribution in [2.24, 2.45) is 0 Å². The molecule has 0 bridgehead atoms. The third kappa shape index (κ3) is 6.20. The van der Waals surface area contributed by atoms with E-state index in [4.69, 9.17) is 0 Å². The molecule has 2 N–H and O–H groups in total. The third-order valence-corrected chi connectivity index (χ3v) is 9.04. The Labute approximate surface area is 200 Å². The smallest absolute Gasteiger partial charge is 0.243 e. The van der Waals surface area contributed by atoms with Gasteiger partial charge in [-0.05, 0) is 38.1 Å². The van der Waals surface area contributed by atoms with Gasteiger partial charge in [-0.15, -0.1) is 0 Å². The van der Waals surface area contributed by atoms with Gasteiger partial charge in [0.05, 0.1) is 22.9 Å². The van der Waals surface area contributed by atoms with Crippen LogP contribution in [0.5, 0.6) is 0 Å². The highest BCUT2D eigenvalue weighted by Gasteiger charge is 2.31. The Morgan fingerprint density at radius 1 is 0.618 bits per heavy atom. The van der Waals surface area contributed by atoms with E-state index in [1.165, 1.54) is 24.3 Å². The number of sulfonamides is 2. The lowest BCUT2D eigenvalue weighted by atomic mass is 10.2. The normalized spacial score (nSPS) is 17.8. The molecule has 0 saturated carbocycles. The van der Waals surface area contributed by atoms with Gasteiger partial charge in [-0.1, -0.05) is 35.4 Å². The fraction of sp³-hybridized carbons (Fsp3) is 0.364. The largest absolute Gasteiger partial charge is 0.353 e. The molecule has 2 aromatic rings. The number of hydrogen-bond donors (Lipinski definition) is 2. The SMILES string of the molecule is Cc1ccc(S(=O)(=O)N2CCN(S(=O)(=O)c3ccc(C)cc3)CC(=O)NCCNC(=O)C2)cc1. The van der Waals surface area contributed by atoms with Crippen LogP contribution in [0.2, 0.25) is 0 Å². The van der Waals surface area contributed by atoms with Crippen LogP contribution in [-0.2, 0) is 29.6 Å². The van der Waals surface area contributed by atoms with Crippen LogP contribution >= 0.6 is 0 Å². The number of amides is 2. The van der Waals surface area contributed by atoms with E-state index >= 15 is 0 Å². The lowest BCUT2D eigenvalue weighted by molar-refractivity contribution is -0.123. The van der Waals surface area contributed by atoms with Crippen LogP contribution in [0.1, 0.15) is 11.1 Å². The Morgan fingerprint density at radius 2 is 0.941 bits per heavy atom. The van der Waals surface area contributed by atoms with Crippen molar-refractivity contribution in [2.45, 2.75) is 23.6 Å². The predicted molar refractivity (Wildman–Crippen MR) is 126 cm³/mol.